The molecular formula is C9H18N4OS. The largest absolute Gasteiger partial charge is 0.468 e. The van der Waals surface area contributed by atoms with Crippen molar-refractivity contribution in [3.63, 3.8) is 0 Å². The third kappa shape index (κ3) is 4.11. The molecule has 1 aromatic heterocycles. The Kier molecular flexibility index (Phi) is 5.52. The van der Waals surface area contributed by atoms with Crippen LogP contribution in [0.1, 0.15) is 18.9 Å². The van der Waals surface area contributed by atoms with Gasteiger partial charge >= 0.3 is 0 Å². The zero-order valence-electron chi connectivity index (χ0n) is 9.27. The van der Waals surface area contributed by atoms with Crippen molar-refractivity contribution in [1.29, 1.82) is 0 Å². The molecule has 5 nitrogen and oxygen atoms in total. The van der Waals surface area contributed by atoms with Crippen LogP contribution in [0.3, 0.4) is 0 Å². The molecule has 0 unspecified atom stereocenters. The second kappa shape index (κ2) is 6.71. The van der Waals surface area contributed by atoms with Crippen LogP contribution in [0.2, 0.25) is 0 Å². The van der Waals surface area contributed by atoms with E-state index in [4.69, 9.17) is 10.5 Å². The van der Waals surface area contributed by atoms with E-state index in [9.17, 15) is 0 Å². The smallest absolute Gasteiger partial charge is 0.294 e. The molecular weight excluding hydrogens is 212 g/mol. The summed E-state index contributed by atoms with van der Waals surface area (Å²) in [6.07, 6.45) is 0. The normalized spacial score (nSPS) is 10.9. The molecule has 0 aliphatic carbocycles. The van der Waals surface area contributed by atoms with Gasteiger partial charge in [-0.25, -0.2) is 0 Å². The summed E-state index contributed by atoms with van der Waals surface area (Å²) < 4.78 is 5.47. The first-order valence-corrected chi connectivity index (χ1v) is 5.99. The quantitative estimate of drug-likeness (QED) is 0.747. The molecule has 0 spiro atoms. The number of hydrogen-bond donors (Lipinski definition) is 1. The van der Waals surface area contributed by atoms with E-state index in [-0.39, 0.29) is 0 Å². The lowest BCUT2D eigenvalue weighted by Crippen LogP contribution is -2.27. The van der Waals surface area contributed by atoms with E-state index in [2.05, 4.69) is 28.9 Å². The molecule has 0 aliphatic rings. The minimum atomic E-state index is 0.428. The standard InChI is InChI=1S/C9H18N4OS/c1-3-13(4-2)5-6-14-9-12-11-8(7-10)15-9/h3-7,10H2,1-2H3. The molecule has 0 aromatic carbocycles. The van der Waals surface area contributed by atoms with Crippen LogP contribution in [0, 0.1) is 0 Å². The van der Waals surface area contributed by atoms with Gasteiger partial charge in [0, 0.05) is 13.1 Å². The number of likely N-dealkylation sites (N-methyl/N-ethyl adjacent to an activating group) is 1. The van der Waals surface area contributed by atoms with Crippen molar-refractivity contribution in [3.8, 4) is 5.19 Å². The fraction of sp³-hybridized carbons (Fsp3) is 0.778. The molecule has 0 amide bonds. The van der Waals surface area contributed by atoms with Crippen LogP contribution in [0.25, 0.3) is 0 Å². The summed E-state index contributed by atoms with van der Waals surface area (Å²) in [7, 11) is 0. The Morgan fingerprint density at radius 1 is 1.33 bits per heavy atom. The van der Waals surface area contributed by atoms with Crippen LogP contribution in [-0.2, 0) is 6.54 Å². The van der Waals surface area contributed by atoms with Crippen molar-refractivity contribution in [1.82, 2.24) is 15.1 Å². The molecule has 0 saturated carbocycles. The summed E-state index contributed by atoms with van der Waals surface area (Å²) >= 11 is 1.41. The van der Waals surface area contributed by atoms with Crippen molar-refractivity contribution in [3.05, 3.63) is 5.01 Å². The van der Waals surface area contributed by atoms with Crippen molar-refractivity contribution < 1.29 is 4.74 Å². The average Bonchev–Trinajstić information content (AvgIpc) is 2.72. The Morgan fingerprint density at radius 2 is 2.07 bits per heavy atom. The molecule has 0 fully saturated rings. The van der Waals surface area contributed by atoms with Gasteiger partial charge in [-0.2, -0.15) is 0 Å². The Hall–Kier alpha value is -0.720. The van der Waals surface area contributed by atoms with Crippen LogP contribution in [0.5, 0.6) is 5.19 Å². The highest BCUT2D eigenvalue weighted by molar-refractivity contribution is 7.13. The molecule has 1 heterocycles. The maximum Gasteiger partial charge on any atom is 0.294 e. The Bertz CT molecular complexity index is 275. The van der Waals surface area contributed by atoms with E-state index in [1.807, 2.05) is 0 Å². The molecule has 0 aliphatic heterocycles. The molecule has 1 rings (SSSR count). The SMILES string of the molecule is CCN(CC)CCOc1nnc(CN)s1. The number of nitrogens with two attached hydrogens (primary N) is 1. The maximum absolute atomic E-state index is 5.47. The molecule has 1 aromatic rings. The van der Waals surface area contributed by atoms with Gasteiger partial charge in [0.25, 0.3) is 5.19 Å². The molecule has 0 bridgehead atoms. The van der Waals surface area contributed by atoms with Crippen LogP contribution in [0.15, 0.2) is 0 Å². The first-order valence-electron chi connectivity index (χ1n) is 5.17. The lowest BCUT2D eigenvalue weighted by molar-refractivity contribution is 0.221. The zero-order valence-corrected chi connectivity index (χ0v) is 10.1. The van der Waals surface area contributed by atoms with Crippen LogP contribution >= 0.6 is 11.3 Å². The summed E-state index contributed by atoms with van der Waals surface area (Å²) in [6.45, 7) is 8.37. The van der Waals surface area contributed by atoms with Gasteiger partial charge in [-0.1, -0.05) is 25.2 Å². The van der Waals surface area contributed by atoms with Crippen molar-refractivity contribution >= 4 is 11.3 Å². The van der Waals surface area contributed by atoms with Crippen LogP contribution in [-0.4, -0.2) is 41.3 Å². The first-order chi connectivity index (χ1) is 7.30. The van der Waals surface area contributed by atoms with Gasteiger partial charge in [-0.05, 0) is 13.1 Å². The third-order valence-electron chi connectivity index (χ3n) is 2.15. The number of aromatic nitrogens is 2. The second-order valence-corrected chi connectivity index (χ2v) is 4.07. The molecule has 0 saturated heterocycles. The van der Waals surface area contributed by atoms with Crippen LogP contribution < -0.4 is 10.5 Å². The minimum Gasteiger partial charge on any atom is -0.468 e. The topological polar surface area (TPSA) is 64.3 Å². The molecule has 0 atom stereocenters. The molecule has 86 valence electrons. The van der Waals surface area contributed by atoms with Gasteiger partial charge in [0.2, 0.25) is 0 Å². The summed E-state index contributed by atoms with van der Waals surface area (Å²) in [4.78, 5) is 2.30. The fourth-order valence-electron chi connectivity index (χ4n) is 1.18. The van der Waals surface area contributed by atoms with Crippen molar-refractivity contribution in [2.75, 3.05) is 26.2 Å². The lowest BCUT2D eigenvalue weighted by Gasteiger charge is -2.16. The van der Waals surface area contributed by atoms with Gasteiger partial charge in [-0.3, -0.25) is 0 Å². The predicted molar refractivity (Wildman–Crippen MR) is 61.1 cm³/mol. The van der Waals surface area contributed by atoms with E-state index >= 15 is 0 Å². The fourth-order valence-corrected chi connectivity index (χ4v) is 1.77. The van der Waals surface area contributed by atoms with E-state index in [0.717, 1.165) is 24.6 Å². The van der Waals surface area contributed by atoms with E-state index in [1.165, 1.54) is 11.3 Å². The Labute approximate surface area is 94.2 Å². The number of rotatable bonds is 7. The lowest BCUT2D eigenvalue weighted by atomic mass is 10.5. The molecule has 2 N–H and O–H groups in total. The van der Waals surface area contributed by atoms with Gasteiger partial charge in [-0.15, -0.1) is 10.2 Å². The van der Waals surface area contributed by atoms with Gasteiger partial charge < -0.3 is 15.4 Å². The maximum atomic E-state index is 5.47. The summed E-state index contributed by atoms with van der Waals surface area (Å²) in [5.41, 5.74) is 5.43. The van der Waals surface area contributed by atoms with E-state index in [1.54, 1.807) is 0 Å². The monoisotopic (exact) mass is 230 g/mol. The minimum absolute atomic E-state index is 0.428. The number of nitrogens with zero attached hydrogens (tertiary/aromatic N) is 3. The summed E-state index contributed by atoms with van der Waals surface area (Å²) in [5, 5.41) is 9.19. The van der Waals surface area contributed by atoms with Crippen LogP contribution in [0.4, 0.5) is 0 Å². The Morgan fingerprint density at radius 3 is 2.60 bits per heavy atom. The van der Waals surface area contributed by atoms with Crippen molar-refractivity contribution in [2.24, 2.45) is 5.73 Å². The van der Waals surface area contributed by atoms with Gasteiger partial charge in [0.15, 0.2) is 0 Å². The molecule has 0 radical (unpaired) electrons. The highest BCUT2D eigenvalue weighted by Crippen LogP contribution is 2.16. The van der Waals surface area contributed by atoms with E-state index < -0.39 is 0 Å². The van der Waals surface area contributed by atoms with Gasteiger partial charge in [0.05, 0.1) is 0 Å². The van der Waals surface area contributed by atoms with Gasteiger partial charge in [0.1, 0.15) is 11.6 Å². The highest BCUT2D eigenvalue weighted by Gasteiger charge is 2.04. The Balaban J connectivity index is 2.25. The molecule has 15 heavy (non-hydrogen) atoms. The second-order valence-electron chi connectivity index (χ2n) is 3.04. The first kappa shape index (κ1) is 12.4. The highest BCUT2D eigenvalue weighted by atomic mass is 32.1. The number of ether oxygens (including phenoxy) is 1. The zero-order chi connectivity index (χ0) is 11.1. The molecule has 6 heteroatoms. The van der Waals surface area contributed by atoms with Crippen molar-refractivity contribution in [2.45, 2.75) is 20.4 Å². The predicted octanol–water partition coefficient (Wildman–Crippen LogP) is 0.717. The third-order valence-corrected chi connectivity index (χ3v) is 3.01. The number of hydrogen-bond acceptors (Lipinski definition) is 6. The summed E-state index contributed by atoms with van der Waals surface area (Å²) in [6, 6.07) is 0. The average molecular weight is 230 g/mol. The summed E-state index contributed by atoms with van der Waals surface area (Å²) in [5.74, 6) is 0. The van der Waals surface area contributed by atoms with E-state index in [0.29, 0.717) is 18.3 Å².